The summed E-state index contributed by atoms with van der Waals surface area (Å²) in [5, 5.41) is 3.52. The molecule has 0 aromatic heterocycles. The molecule has 0 atom stereocenters. The van der Waals surface area contributed by atoms with Gasteiger partial charge in [-0.05, 0) is 19.9 Å². The number of rotatable bonds is 3. The molecule has 0 N–H and O–H groups in total. The van der Waals surface area contributed by atoms with Crippen molar-refractivity contribution < 1.29 is 14.4 Å². The smallest absolute Gasteiger partial charge is 0.367 e. The van der Waals surface area contributed by atoms with Crippen molar-refractivity contribution in [2.75, 3.05) is 13.2 Å². The largest absolute Gasteiger partial charge is 0.378 e. The molecule has 1 aliphatic rings. The highest BCUT2D eigenvalue weighted by molar-refractivity contribution is 6.21. The standard InChI is InChI=1S/C8H11NO3/c1-3-11-5-4-7-6(2)9-12-8(7)10/h4H,3,5H2,1-2H3. The van der Waals surface area contributed by atoms with Gasteiger partial charge in [-0.2, -0.15) is 0 Å². The highest BCUT2D eigenvalue weighted by atomic mass is 16.7. The normalized spacial score (nSPS) is 19.7. The summed E-state index contributed by atoms with van der Waals surface area (Å²) in [5.74, 6) is -0.396. The molecule has 0 fully saturated rings. The van der Waals surface area contributed by atoms with Crippen LogP contribution in [0.15, 0.2) is 16.8 Å². The van der Waals surface area contributed by atoms with Gasteiger partial charge in [0.25, 0.3) is 0 Å². The number of hydrogen-bond acceptors (Lipinski definition) is 4. The van der Waals surface area contributed by atoms with Gasteiger partial charge in [-0.15, -0.1) is 0 Å². The van der Waals surface area contributed by atoms with Crippen LogP contribution in [0.25, 0.3) is 0 Å². The van der Waals surface area contributed by atoms with Gasteiger partial charge in [-0.25, -0.2) is 4.79 Å². The Labute approximate surface area is 70.8 Å². The zero-order valence-electron chi connectivity index (χ0n) is 7.16. The first kappa shape index (κ1) is 8.93. The average molecular weight is 169 g/mol. The van der Waals surface area contributed by atoms with Gasteiger partial charge >= 0.3 is 5.97 Å². The third-order valence-corrected chi connectivity index (χ3v) is 1.48. The van der Waals surface area contributed by atoms with Crippen molar-refractivity contribution in [3.8, 4) is 0 Å². The van der Waals surface area contributed by atoms with Crippen LogP contribution in [0.4, 0.5) is 0 Å². The first-order chi connectivity index (χ1) is 5.75. The van der Waals surface area contributed by atoms with Crippen LogP contribution >= 0.6 is 0 Å². The Hall–Kier alpha value is -1.16. The van der Waals surface area contributed by atoms with Crippen LogP contribution in [0, 0.1) is 0 Å². The molecular formula is C8H11NO3. The molecule has 4 heteroatoms. The van der Waals surface area contributed by atoms with Crippen LogP contribution in [-0.4, -0.2) is 24.9 Å². The number of oxime groups is 1. The monoisotopic (exact) mass is 169 g/mol. The van der Waals surface area contributed by atoms with Crippen LogP contribution in [0.2, 0.25) is 0 Å². The third-order valence-electron chi connectivity index (χ3n) is 1.48. The van der Waals surface area contributed by atoms with Gasteiger partial charge in [0.15, 0.2) is 0 Å². The Bertz CT molecular complexity index is 243. The van der Waals surface area contributed by atoms with E-state index in [2.05, 4.69) is 9.99 Å². The molecule has 0 radical (unpaired) electrons. The topological polar surface area (TPSA) is 47.9 Å². The minimum atomic E-state index is -0.396. The van der Waals surface area contributed by atoms with E-state index in [1.165, 1.54) is 0 Å². The second-order valence-electron chi connectivity index (χ2n) is 2.33. The lowest BCUT2D eigenvalue weighted by Gasteiger charge is -1.94. The Kier molecular flexibility index (Phi) is 2.99. The fourth-order valence-corrected chi connectivity index (χ4v) is 0.847. The van der Waals surface area contributed by atoms with Crippen LogP contribution in [-0.2, 0) is 14.4 Å². The minimum absolute atomic E-state index is 0.396. The number of hydrogen-bond donors (Lipinski definition) is 0. The Morgan fingerprint density at radius 3 is 2.92 bits per heavy atom. The van der Waals surface area contributed by atoms with E-state index in [4.69, 9.17) is 4.74 Å². The van der Waals surface area contributed by atoms with Crippen molar-refractivity contribution in [1.82, 2.24) is 0 Å². The summed E-state index contributed by atoms with van der Waals surface area (Å²) in [6.07, 6.45) is 1.68. The van der Waals surface area contributed by atoms with Gasteiger partial charge < -0.3 is 9.57 Å². The Morgan fingerprint density at radius 2 is 2.42 bits per heavy atom. The fourth-order valence-electron chi connectivity index (χ4n) is 0.847. The van der Waals surface area contributed by atoms with Crippen LogP contribution in [0.3, 0.4) is 0 Å². The summed E-state index contributed by atoms with van der Waals surface area (Å²) in [5.41, 5.74) is 1.11. The maximum absolute atomic E-state index is 10.9. The molecule has 0 saturated carbocycles. The molecule has 12 heavy (non-hydrogen) atoms. The molecule has 0 aromatic rings. The lowest BCUT2D eigenvalue weighted by Crippen LogP contribution is -2.04. The molecule has 66 valence electrons. The second kappa shape index (κ2) is 4.01. The van der Waals surface area contributed by atoms with Gasteiger partial charge in [0, 0.05) is 6.61 Å². The molecule has 1 heterocycles. The molecule has 0 amide bonds. The van der Waals surface area contributed by atoms with Crippen molar-refractivity contribution in [2.24, 2.45) is 5.16 Å². The van der Waals surface area contributed by atoms with Gasteiger partial charge in [-0.1, -0.05) is 5.16 Å². The molecule has 4 nitrogen and oxygen atoms in total. The summed E-state index contributed by atoms with van der Waals surface area (Å²) in [6.45, 7) is 4.68. The van der Waals surface area contributed by atoms with Gasteiger partial charge in [0.1, 0.15) is 0 Å². The average Bonchev–Trinajstić information content (AvgIpc) is 2.35. The Morgan fingerprint density at radius 1 is 1.67 bits per heavy atom. The number of nitrogens with zero attached hydrogens (tertiary/aromatic N) is 1. The van der Waals surface area contributed by atoms with E-state index in [1.54, 1.807) is 13.0 Å². The summed E-state index contributed by atoms with van der Waals surface area (Å²) in [4.78, 5) is 15.4. The molecule has 1 rings (SSSR count). The predicted octanol–water partition coefficient (Wildman–Crippen LogP) is 0.882. The zero-order chi connectivity index (χ0) is 8.97. The SMILES string of the molecule is CCOCC=C1C(=O)ON=C1C. The first-order valence-electron chi connectivity index (χ1n) is 3.80. The van der Waals surface area contributed by atoms with E-state index < -0.39 is 5.97 Å². The van der Waals surface area contributed by atoms with Crippen molar-refractivity contribution in [2.45, 2.75) is 13.8 Å². The predicted molar refractivity (Wildman–Crippen MR) is 43.8 cm³/mol. The molecule has 0 spiro atoms. The zero-order valence-corrected chi connectivity index (χ0v) is 7.16. The highest BCUT2D eigenvalue weighted by Gasteiger charge is 2.20. The molecule has 0 aliphatic carbocycles. The van der Waals surface area contributed by atoms with E-state index in [1.807, 2.05) is 6.92 Å². The second-order valence-corrected chi connectivity index (χ2v) is 2.33. The summed E-state index contributed by atoms with van der Waals surface area (Å²) in [6, 6.07) is 0. The maximum atomic E-state index is 10.9. The number of carbonyl (C=O) groups is 1. The molecule has 0 aromatic carbocycles. The quantitative estimate of drug-likeness (QED) is 0.358. The summed E-state index contributed by atoms with van der Waals surface area (Å²) in [7, 11) is 0. The lowest BCUT2D eigenvalue weighted by molar-refractivity contribution is -0.136. The maximum Gasteiger partial charge on any atom is 0.367 e. The van der Waals surface area contributed by atoms with E-state index in [0.717, 1.165) is 0 Å². The molecule has 0 unspecified atom stereocenters. The molecular weight excluding hydrogens is 158 g/mol. The number of carbonyl (C=O) groups excluding carboxylic acids is 1. The number of ether oxygens (including phenoxy) is 1. The van der Waals surface area contributed by atoms with E-state index in [9.17, 15) is 4.79 Å². The van der Waals surface area contributed by atoms with Gasteiger partial charge in [0.2, 0.25) is 0 Å². The van der Waals surface area contributed by atoms with Crippen LogP contribution in [0.5, 0.6) is 0 Å². The van der Waals surface area contributed by atoms with Crippen molar-refractivity contribution in [3.63, 3.8) is 0 Å². The van der Waals surface area contributed by atoms with Crippen molar-refractivity contribution in [1.29, 1.82) is 0 Å². The molecule has 1 aliphatic heterocycles. The third kappa shape index (κ3) is 1.92. The molecule has 0 bridgehead atoms. The van der Waals surface area contributed by atoms with Crippen molar-refractivity contribution >= 4 is 11.7 Å². The first-order valence-corrected chi connectivity index (χ1v) is 3.80. The van der Waals surface area contributed by atoms with Crippen molar-refractivity contribution in [3.05, 3.63) is 11.6 Å². The summed E-state index contributed by atoms with van der Waals surface area (Å²) < 4.78 is 5.05. The lowest BCUT2D eigenvalue weighted by atomic mass is 10.2. The van der Waals surface area contributed by atoms with E-state index in [0.29, 0.717) is 24.5 Å². The van der Waals surface area contributed by atoms with E-state index in [-0.39, 0.29) is 0 Å². The van der Waals surface area contributed by atoms with Gasteiger partial charge in [0.05, 0.1) is 17.9 Å². The Balaban J connectivity index is 2.54. The summed E-state index contributed by atoms with van der Waals surface area (Å²) >= 11 is 0. The van der Waals surface area contributed by atoms with Gasteiger partial charge in [-0.3, -0.25) is 0 Å². The highest BCUT2D eigenvalue weighted by Crippen LogP contribution is 2.09. The van der Waals surface area contributed by atoms with Crippen LogP contribution in [0.1, 0.15) is 13.8 Å². The minimum Gasteiger partial charge on any atom is -0.378 e. The fraction of sp³-hybridized carbons (Fsp3) is 0.500. The van der Waals surface area contributed by atoms with E-state index >= 15 is 0 Å². The molecule has 0 saturated heterocycles. The van der Waals surface area contributed by atoms with Crippen LogP contribution < -0.4 is 0 Å².